The second-order valence-corrected chi connectivity index (χ2v) is 7.05. The Balaban J connectivity index is 1.41. The van der Waals surface area contributed by atoms with Crippen molar-refractivity contribution in [2.24, 2.45) is 0 Å². The van der Waals surface area contributed by atoms with Crippen molar-refractivity contribution in [2.75, 3.05) is 73.7 Å². The van der Waals surface area contributed by atoms with Crippen LogP contribution in [0.1, 0.15) is 6.92 Å². The van der Waals surface area contributed by atoms with E-state index < -0.39 is 10.9 Å². The van der Waals surface area contributed by atoms with Crippen molar-refractivity contribution in [3.63, 3.8) is 0 Å². The molecule has 0 spiro atoms. The van der Waals surface area contributed by atoms with E-state index in [9.17, 15) is 14.4 Å². The maximum Gasteiger partial charge on any atom is 0.409 e. The first-order valence-electron chi connectivity index (χ1n) is 9.87. The van der Waals surface area contributed by atoms with Gasteiger partial charge < -0.3 is 24.3 Å². The molecule has 4 rings (SSSR count). The minimum absolute atomic E-state index is 0.335. The normalized spacial score (nSPS) is 17.7. The first-order chi connectivity index (χ1) is 14.1. The van der Waals surface area contributed by atoms with E-state index in [1.807, 2.05) is 9.80 Å². The summed E-state index contributed by atoms with van der Waals surface area (Å²) in [7, 11) is 0. The highest BCUT2D eigenvalue weighted by atomic mass is 16.6. The van der Waals surface area contributed by atoms with Gasteiger partial charge in [-0.25, -0.2) is 14.8 Å². The van der Waals surface area contributed by atoms with E-state index in [2.05, 4.69) is 14.9 Å². The Morgan fingerprint density at radius 3 is 1.86 bits per heavy atom. The number of rotatable bonds is 4. The molecule has 2 aliphatic rings. The quantitative estimate of drug-likeness (QED) is 0.639. The lowest BCUT2D eigenvalue weighted by Crippen LogP contribution is -2.56. The van der Waals surface area contributed by atoms with Gasteiger partial charge in [-0.2, -0.15) is 0 Å². The van der Waals surface area contributed by atoms with Crippen LogP contribution in [-0.2, 0) is 4.74 Å². The Hall–Kier alpha value is -3.17. The third kappa shape index (κ3) is 3.62. The van der Waals surface area contributed by atoms with Gasteiger partial charge in [-0.1, -0.05) is 0 Å². The van der Waals surface area contributed by atoms with Gasteiger partial charge in [0.2, 0.25) is 5.95 Å². The van der Waals surface area contributed by atoms with Crippen molar-refractivity contribution >= 4 is 23.4 Å². The molecule has 29 heavy (non-hydrogen) atoms. The number of hydrogen-bond donors (Lipinski definition) is 0. The lowest BCUT2D eigenvalue weighted by atomic mass is 10.1. The highest BCUT2D eigenvalue weighted by Gasteiger charge is 2.34. The third-order valence-corrected chi connectivity index (χ3v) is 5.41. The van der Waals surface area contributed by atoms with Crippen molar-refractivity contribution in [1.29, 1.82) is 0 Å². The minimum Gasteiger partial charge on any atom is -0.450 e. The SMILES string of the molecule is CCOC(=O)N1CCN(c2c(N3CCN(c4ncccn4)CC3)c(=O)c2=O)CC1. The number of anilines is 3. The molecule has 2 saturated heterocycles. The number of ether oxygens (including phenoxy) is 1. The van der Waals surface area contributed by atoms with E-state index in [0.29, 0.717) is 76.3 Å². The van der Waals surface area contributed by atoms with Crippen molar-refractivity contribution in [3.8, 4) is 0 Å². The molecular formula is C19H24N6O4. The number of carbonyl (C=O) groups is 1. The summed E-state index contributed by atoms with van der Waals surface area (Å²) in [6.07, 6.45) is 3.08. The minimum atomic E-state index is -0.432. The zero-order valence-electron chi connectivity index (χ0n) is 16.4. The summed E-state index contributed by atoms with van der Waals surface area (Å²) < 4.78 is 5.03. The largest absolute Gasteiger partial charge is 0.450 e. The highest BCUT2D eigenvalue weighted by Crippen LogP contribution is 2.27. The molecule has 3 heterocycles. The zero-order valence-corrected chi connectivity index (χ0v) is 16.4. The first-order valence-corrected chi connectivity index (χ1v) is 9.87. The van der Waals surface area contributed by atoms with Gasteiger partial charge in [0, 0.05) is 64.8 Å². The smallest absolute Gasteiger partial charge is 0.409 e. The van der Waals surface area contributed by atoms with E-state index in [4.69, 9.17) is 4.74 Å². The maximum atomic E-state index is 12.3. The van der Waals surface area contributed by atoms with Crippen molar-refractivity contribution in [1.82, 2.24) is 14.9 Å². The van der Waals surface area contributed by atoms with Crippen molar-refractivity contribution < 1.29 is 9.53 Å². The standard InChI is InChI=1S/C19H24N6O4/c1-2-29-19(28)25-12-8-23(9-13-25)15-14(16(26)17(15)27)22-6-10-24(11-7-22)18-20-4-3-5-21-18/h3-5H,2,6-13H2,1H3. The number of hydrogen-bond acceptors (Lipinski definition) is 9. The van der Waals surface area contributed by atoms with Crippen LogP contribution in [0.15, 0.2) is 28.0 Å². The summed E-state index contributed by atoms with van der Waals surface area (Å²) in [5, 5.41) is 0. The molecule has 1 aromatic heterocycles. The second-order valence-electron chi connectivity index (χ2n) is 7.05. The maximum absolute atomic E-state index is 12.3. The average molecular weight is 400 g/mol. The molecule has 154 valence electrons. The van der Waals surface area contributed by atoms with Gasteiger partial charge in [0.05, 0.1) is 6.61 Å². The molecule has 0 aliphatic carbocycles. The lowest BCUT2D eigenvalue weighted by molar-refractivity contribution is 0.105. The molecule has 0 saturated carbocycles. The molecule has 1 amide bonds. The Morgan fingerprint density at radius 2 is 1.34 bits per heavy atom. The van der Waals surface area contributed by atoms with E-state index in [1.54, 1.807) is 30.3 Å². The molecule has 10 heteroatoms. The van der Waals surface area contributed by atoms with Crippen LogP contribution >= 0.6 is 0 Å². The molecule has 0 bridgehead atoms. The molecule has 0 radical (unpaired) electrons. The highest BCUT2D eigenvalue weighted by molar-refractivity contribution is 5.77. The predicted molar refractivity (Wildman–Crippen MR) is 109 cm³/mol. The van der Waals surface area contributed by atoms with Crippen LogP contribution < -0.4 is 25.6 Å². The molecule has 2 aliphatic heterocycles. The van der Waals surface area contributed by atoms with Crippen molar-refractivity contribution in [2.45, 2.75) is 6.92 Å². The fraction of sp³-hybridized carbons (Fsp3) is 0.526. The Morgan fingerprint density at radius 1 is 0.862 bits per heavy atom. The monoisotopic (exact) mass is 400 g/mol. The number of aromatic nitrogens is 2. The van der Waals surface area contributed by atoms with Crippen molar-refractivity contribution in [3.05, 3.63) is 38.9 Å². The molecule has 2 fully saturated rings. The van der Waals surface area contributed by atoms with Crippen LogP contribution in [0.3, 0.4) is 0 Å². The van der Waals surface area contributed by atoms with Gasteiger partial charge in [-0.15, -0.1) is 0 Å². The van der Waals surface area contributed by atoms with Gasteiger partial charge in [-0.3, -0.25) is 9.59 Å². The van der Waals surface area contributed by atoms with Crippen LogP contribution in [-0.4, -0.2) is 79.9 Å². The van der Waals surface area contributed by atoms with Gasteiger partial charge in [-0.05, 0) is 13.0 Å². The van der Waals surface area contributed by atoms with E-state index in [-0.39, 0.29) is 6.09 Å². The fourth-order valence-electron chi connectivity index (χ4n) is 3.87. The zero-order chi connectivity index (χ0) is 20.4. The summed E-state index contributed by atoms with van der Waals surface area (Å²) >= 11 is 0. The average Bonchev–Trinajstić information content (AvgIpc) is 2.78. The summed E-state index contributed by atoms with van der Waals surface area (Å²) in [6, 6.07) is 1.77. The molecule has 10 nitrogen and oxygen atoms in total. The summed E-state index contributed by atoms with van der Waals surface area (Å²) in [6.45, 7) is 6.67. The molecule has 0 atom stereocenters. The Labute approximate surface area is 168 Å². The predicted octanol–water partition coefficient (Wildman–Crippen LogP) is -0.322. The third-order valence-electron chi connectivity index (χ3n) is 5.41. The molecule has 1 aromatic carbocycles. The van der Waals surface area contributed by atoms with E-state index in [1.165, 1.54) is 0 Å². The Kier molecular flexibility index (Phi) is 5.32. The summed E-state index contributed by atoms with van der Waals surface area (Å²) in [5.74, 6) is 0.674. The van der Waals surface area contributed by atoms with Crippen LogP contribution in [0.25, 0.3) is 0 Å². The number of carbonyl (C=O) groups excluding carboxylic acids is 1. The molecule has 2 aromatic rings. The first kappa shape index (κ1) is 19.2. The van der Waals surface area contributed by atoms with Gasteiger partial charge in [0.25, 0.3) is 10.9 Å². The van der Waals surface area contributed by atoms with Gasteiger partial charge in [0.15, 0.2) is 0 Å². The number of nitrogens with zero attached hydrogens (tertiary/aromatic N) is 6. The van der Waals surface area contributed by atoms with Crippen LogP contribution in [0.4, 0.5) is 22.1 Å². The second kappa shape index (κ2) is 8.06. The van der Waals surface area contributed by atoms with Gasteiger partial charge >= 0.3 is 6.09 Å². The molecular weight excluding hydrogens is 376 g/mol. The van der Waals surface area contributed by atoms with Gasteiger partial charge in [0.1, 0.15) is 11.4 Å². The number of amides is 1. The fourth-order valence-corrected chi connectivity index (χ4v) is 3.87. The van der Waals surface area contributed by atoms with Crippen LogP contribution in [0.5, 0.6) is 0 Å². The number of piperazine rings is 2. The topological polar surface area (TPSA) is 99.2 Å². The summed E-state index contributed by atoms with van der Waals surface area (Å²) in [4.78, 5) is 52.6. The van der Waals surface area contributed by atoms with Crippen LogP contribution in [0.2, 0.25) is 0 Å². The van der Waals surface area contributed by atoms with E-state index >= 15 is 0 Å². The van der Waals surface area contributed by atoms with E-state index in [0.717, 1.165) is 0 Å². The van der Waals surface area contributed by atoms with Crippen LogP contribution in [0, 0.1) is 0 Å². The summed E-state index contributed by atoms with van der Waals surface area (Å²) in [5.41, 5.74) is 0.145. The lowest BCUT2D eigenvalue weighted by Gasteiger charge is -2.40. The molecule has 0 N–H and O–H groups in total. The molecule has 0 unspecified atom stereocenters. The Bertz CT molecular complexity index is 926.